The minimum atomic E-state index is -0.489. The smallest absolute Gasteiger partial charge is 0.0657 e. The molecule has 5 aliphatic carbocycles. The number of hydrogen-bond acceptors (Lipinski definition) is 2. The van der Waals surface area contributed by atoms with Gasteiger partial charge in [-0.2, -0.15) is 0 Å². The second-order valence-corrected chi connectivity index (χ2v) is 13.8. The molecular weight excluding hydrogens is 380 g/mol. The van der Waals surface area contributed by atoms with Crippen LogP contribution >= 0.6 is 0 Å². The van der Waals surface area contributed by atoms with Gasteiger partial charge >= 0.3 is 0 Å². The standard InChI is InChI=1S/C29H48O2/c1-19(12-15-29(5,31)20-6-7-20)23-10-11-24-22-9-8-21-18-26(2,30)16-17-27(21,3)25(22)13-14-28(23,24)4/h8,19-20,22-25,30-31H,6-7,9-18H2,1-5H3/t19-,22+,23-,24+,25+,26+,27+,28-,29-/m1/s1. The van der Waals surface area contributed by atoms with E-state index in [0.29, 0.717) is 16.7 Å². The third kappa shape index (κ3) is 3.67. The highest BCUT2D eigenvalue weighted by atomic mass is 16.3. The average Bonchev–Trinajstić information content (AvgIpc) is 3.49. The predicted molar refractivity (Wildman–Crippen MR) is 128 cm³/mol. The Hall–Kier alpha value is -0.340. The molecule has 0 bridgehead atoms. The van der Waals surface area contributed by atoms with Crippen molar-refractivity contribution in [1.29, 1.82) is 0 Å². The Labute approximate surface area is 191 Å². The minimum absolute atomic E-state index is 0.332. The van der Waals surface area contributed by atoms with Gasteiger partial charge in [0.15, 0.2) is 0 Å². The molecule has 0 saturated heterocycles. The van der Waals surface area contributed by atoms with Gasteiger partial charge in [0.05, 0.1) is 11.2 Å². The Bertz CT molecular complexity index is 731. The highest BCUT2D eigenvalue weighted by Gasteiger charge is 2.59. The van der Waals surface area contributed by atoms with Gasteiger partial charge in [0.25, 0.3) is 0 Å². The zero-order valence-corrected chi connectivity index (χ0v) is 20.9. The van der Waals surface area contributed by atoms with Crippen LogP contribution in [0, 0.1) is 46.3 Å². The monoisotopic (exact) mass is 428 g/mol. The van der Waals surface area contributed by atoms with E-state index in [9.17, 15) is 10.2 Å². The zero-order valence-electron chi connectivity index (χ0n) is 20.9. The number of fused-ring (bicyclic) bond motifs is 5. The molecule has 0 unspecified atom stereocenters. The first-order valence-electron chi connectivity index (χ1n) is 13.6. The fourth-order valence-corrected chi connectivity index (χ4v) is 9.41. The van der Waals surface area contributed by atoms with Crippen LogP contribution in [-0.2, 0) is 0 Å². The maximum atomic E-state index is 10.8. The van der Waals surface area contributed by atoms with Crippen molar-refractivity contribution in [2.45, 2.75) is 123 Å². The van der Waals surface area contributed by atoms with E-state index in [1.807, 2.05) is 6.92 Å². The van der Waals surface area contributed by atoms with Crippen LogP contribution < -0.4 is 0 Å². The maximum absolute atomic E-state index is 10.8. The fraction of sp³-hybridized carbons (Fsp3) is 0.931. The molecule has 4 fully saturated rings. The van der Waals surface area contributed by atoms with E-state index >= 15 is 0 Å². The lowest BCUT2D eigenvalue weighted by Gasteiger charge is -2.59. The molecule has 0 spiro atoms. The van der Waals surface area contributed by atoms with Crippen molar-refractivity contribution in [3.05, 3.63) is 11.6 Å². The molecule has 31 heavy (non-hydrogen) atoms. The molecule has 9 atom stereocenters. The van der Waals surface area contributed by atoms with Crippen molar-refractivity contribution in [2.75, 3.05) is 0 Å². The summed E-state index contributed by atoms with van der Waals surface area (Å²) in [6.45, 7) is 11.8. The topological polar surface area (TPSA) is 40.5 Å². The summed E-state index contributed by atoms with van der Waals surface area (Å²) in [6, 6.07) is 0. The molecule has 5 aliphatic rings. The summed E-state index contributed by atoms with van der Waals surface area (Å²) in [4.78, 5) is 0. The quantitative estimate of drug-likeness (QED) is 0.468. The molecule has 0 aromatic rings. The second-order valence-electron chi connectivity index (χ2n) is 13.8. The largest absolute Gasteiger partial charge is 0.390 e. The van der Waals surface area contributed by atoms with Gasteiger partial charge in [-0.25, -0.2) is 0 Å². The highest BCUT2D eigenvalue weighted by molar-refractivity contribution is 5.26. The molecule has 2 nitrogen and oxygen atoms in total. The summed E-state index contributed by atoms with van der Waals surface area (Å²) in [5.41, 5.74) is 1.50. The van der Waals surface area contributed by atoms with Crippen LogP contribution in [0.3, 0.4) is 0 Å². The zero-order chi connectivity index (χ0) is 22.2. The molecule has 0 aliphatic heterocycles. The van der Waals surface area contributed by atoms with Crippen LogP contribution in [0.4, 0.5) is 0 Å². The number of hydrogen-bond donors (Lipinski definition) is 2. The first kappa shape index (κ1) is 22.5. The van der Waals surface area contributed by atoms with Crippen molar-refractivity contribution in [3.63, 3.8) is 0 Å². The molecule has 0 aromatic carbocycles. The Morgan fingerprint density at radius 2 is 1.77 bits per heavy atom. The molecule has 176 valence electrons. The minimum Gasteiger partial charge on any atom is -0.390 e. The van der Waals surface area contributed by atoms with Crippen LogP contribution in [-0.4, -0.2) is 21.4 Å². The fourth-order valence-electron chi connectivity index (χ4n) is 9.41. The molecule has 5 rings (SSSR count). The van der Waals surface area contributed by atoms with Gasteiger partial charge < -0.3 is 10.2 Å². The van der Waals surface area contributed by atoms with Gasteiger partial charge in [-0.05, 0) is 137 Å². The van der Waals surface area contributed by atoms with Gasteiger partial charge in [-0.3, -0.25) is 0 Å². The SMILES string of the molecule is C[C@H](CC[C@@](C)(O)C1CC1)[C@H]1CC[C@H]2[C@@H]3CC=C4C[C@@](C)(O)CC[C@]4(C)[C@H]3CC[C@]12C. The maximum Gasteiger partial charge on any atom is 0.0657 e. The molecule has 0 radical (unpaired) electrons. The first-order valence-corrected chi connectivity index (χ1v) is 13.6. The number of aliphatic hydroxyl groups is 2. The molecule has 0 heterocycles. The van der Waals surface area contributed by atoms with Crippen molar-refractivity contribution >= 4 is 0 Å². The van der Waals surface area contributed by atoms with Gasteiger partial charge in [0, 0.05) is 0 Å². The van der Waals surface area contributed by atoms with Crippen LogP contribution in [0.1, 0.15) is 112 Å². The Kier molecular flexibility index (Phi) is 5.31. The molecule has 0 aromatic heterocycles. The predicted octanol–water partition coefficient (Wildman–Crippen LogP) is 6.89. The van der Waals surface area contributed by atoms with Gasteiger partial charge in [-0.15, -0.1) is 0 Å². The Morgan fingerprint density at radius 3 is 2.48 bits per heavy atom. The number of rotatable bonds is 5. The van der Waals surface area contributed by atoms with Crippen LogP contribution in [0.15, 0.2) is 11.6 Å². The normalized spacial score (nSPS) is 50.0. The van der Waals surface area contributed by atoms with E-state index in [0.717, 1.165) is 48.9 Å². The van der Waals surface area contributed by atoms with E-state index in [4.69, 9.17) is 0 Å². The lowest BCUT2D eigenvalue weighted by molar-refractivity contribution is -0.0717. The van der Waals surface area contributed by atoms with Crippen molar-refractivity contribution < 1.29 is 10.2 Å². The lowest BCUT2D eigenvalue weighted by Crippen LogP contribution is -2.52. The average molecular weight is 429 g/mol. The van der Waals surface area contributed by atoms with E-state index < -0.39 is 11.2 Å². The van der Waals surface area contributed by atoms with Gasteiger partial charge in [0.1, 0.15) is 0 Å². The van der Waals surface area contributed by atoms with Crippen molar-refractivity contribution in [2.24, 2.45) is 46.3 Å². The third-order valence-corrected chi connectivity index (χ3v) is 11.7. The Balaban J connectivity index is 1.31. The van der Waals surface area contributed by atoms with Gasteiger partial charge in [-0.1, -0.05) is 32.4 Å². The summed E-state index contributed by atoms with van der Waals surface area (Å²) in [5, 5.41) is 21.5. The van der Waals surface area contributed by atoms with Crippen molar-refractivity contribution in [3.8, 4) is 0 Å². The molecule has 0 amide bonds. The van der Waals surface area contributed by atoms with Crippen LogP contribution in [0.5, 0.6) is 0 Å². The summed E-state index contributed by atoms with van der Waals surface area (Å²) in [5.74, 6) is 4.68. The summed E-state index contributed by atoms with van der Waals surface area (Å²) >= 11 is 0. The molecule has 2 heteroatoms. The van der Waals surface area contributed by atoms with E-state index in [1.165, 1.54) is 57.8 Å². The number of allylic oxidation sites excluding steroid dienone is 1. The molecule has 2 N–H and O–H groups in total. The van der Waals surface area contributed by atoms with Crippen LogP contribution in [0.25, 0.3) is 0 Å². The first-order chi connectivity index (χ1) is 14.5. The lowest BCUT2D eigenvalue weighted by atomic mass is 9.46. The molecular formula is C29H48O2. The van der Waals surface area contributed by atoms with Crippen molar-refractivity contribution in [1.82, 2.24) is 0 Å². The highest BCUT2D eigenvalue weighted by Crippen LogP contribution is 2.67. The summed E-state index contributed by atoms with van der Waals surface area (Å²) < 4.78 is 0. The van der Waals surface area contributed by atoms with Gasteiger partial charge in [0.2, 0.25) is 0 Å². The third-order valence-electron chi connectivity index (χ3n) is 11.7. The van der Waals surface area contributed by atoms with E-state index in [2.05, 4.69) is 33.8 Å². The van der Waals surface area contributed by atoms with E-state index in [-0.39, 0.29) is 0 Å². The molecule has 4 saturated carbocycles. The van der Waals surface area contributed by atoms with E-state index in [1.54, 1.807) is 5.57 Å². The second kappa shape index (κ2) is 7.33. The Morgan fingerprint density at radius 1 is 1.03 bits per heavy atom. The summed E-state index contributed by atoms with van der Waals surface area (Å²) in [7, 11) is 0. The summed E-state index contributed by atoms with van der Waals surface area (Å²) in [6.07, 6.45) is 17.1. The van der Waals surface area contributed by atoms with Crippen LogP contribution in [0.2, 0.25) is 0 Å².